The lowest BCUT2D eigenvalue weighted by Gasteiger charge is -2.33. The van der Waals surface area contributed by atoms with Crippen molar-refractivity contribution in [3.05, 3.63) is 38.5 Å². The van der Waals surface area contributed by atoms with Gasteiger partial charge in [-0.3, -0.25) is 10.5 Å². The predicted molar refractivity (Wildman–Crippen MR) is 112 cm³/mol. The standard InChI is InChI=1S/C18H25Br2N5O2/c1-25(2,3)15(9-11-7-13(19)16(27-4)14(20)8-11)17(26)22-6-5-12-10-23-18(21)24-12/h7-8,10,15H,5-6,9H2,1-4H3,(H3-,21,22,23,24,26)/p+2/t15-/m0/s1. The third kappa shape index (κ3) is 5.95. The number of halogens is 2. The van der Waals surface area contributed by atoms with Gasteiger partial charge in [0.15, 0.2) is 6.04 Å². The summed E-state index contributed by atoms with van der Waals surface area (Å²) in [4.78, 5) is 18.8. The topological polar surface area (TPSA) is 94.3 Å². The Bertz CT molecular complexity index is 778. The number of hydrogen-bond acceptors (Lipinski definition) is 3. The van der Waals surface area contributed by atoms with Crippen LogP contribution in [0.4, 0.5) is 5.95 Å². The Kier molecular flexibility index (Phi) is 7.30. The first-order valence-corrected chi connectivity index (χ1v) is 10.2. The number of carbonyl (C=O) groups excluding carboxylic acids is 1. The Hall–Kier alpha value is -1.58. The predicted octanol–water partition coefficient (Wildman–Crippen LogP) is 1.92. The van der Waals surface area contributed by atoms with Crippen molar-refractivity contribution >= 4 is 43.7 Å². The van der Waals surface area contributed by atoms with E-state index < -0.39 is 0 Å². The molecular formula is C18H27Br2N5O2+2. The minimum Gasteiger partial charge on any atom is -0.494 e. The van der Waals surface area contributed by atoms with Crippen LogP contribution < -0.4 is 20.8 Å². The molecule has 0 aliphatic carbocycles. The quantitative estimate of drug-likeness (QED) is 0.479. The molecule has 1 aromatic carbocycles. The van der Waals surface area contributed by atoms with Crippen LogP contribution >= 0.6 is 31.9 Å². The molecule has 27 heavy (non-hydrogen) atoms. The van der Waals surface area contributed by atoms with Gasteiger partial charge in [0, 0.05) is 19.4 Å². The summed E-state index contributed by atoms with van der Waals surface area (Å²) in [5.74, 6) is 1.28. The van der Waals surface area contributed by atoms with Gasteiger partial charge in [-0.2, -0.15) is 0 Å². The monoisotopic (exact) mass is 503 g/mol. The van der Waals surface area contributed by atoms with Crippen LogP contribution in [0.25, 0.3) is 0 Å². The molecule has 0 fully saturated rings. The third-order valence-corrected chi connectivity index (χ3v) is 5.50. The van der Waals surface area contributed by atoms with Gasteiger partial charge < -0.3 is 14.5 Å². The molecule has 0 bridgehead atoms. The summed E-state index contributed by atoms with van der Waals surface area (Å²) in [5, 5.41) is 3.04. The number of nitrogens with zero attached hydrogens (tertiary/aromatic N) is 1. The Morgan fingerprint density at radius 3 is 2.44 bits per heavy atom. The van der Waals surface area contributed by atoms with Gasteiger partial charge in [0.2, 0.25) is 0 Å². The van der Waals surface area contributed by atoms with E-state index >= 15 is 0 Å². The van der Waals surface area contributed by atoms with E-state index in [0.717, 1.165) is 26.0 Å². The molecule has 148 valence electrons. The molecular weight excluding hydrogens is 478 g/mol. The highest BCUT2D eigenvalue weighted by Gasteiger charge is 2.32. The van der Waals surface area contributed by atoms with Gasteiger partial charge in [-0.05, 0) is 49.6 Å². The normalized spacial score (nSPS) is 12.7. The van der Waals surface area contributed by atoms with Crippen LogP contribution in [0.15, 0.2) is 27.3 Å². The fourth-order valence-electron chi connectivity index (χ4n) is 2.85. The number of nitrogen functional groups attached to an aromatic ring is 1. The molecule has 7 nitrogen and oxygen atoms in total. The number of likely N-dealkylation sites (N-methyl/N-ethyl adjacent to an activating group) is 1. The number of aromatic nitrogens is 2. The van der Waals surface area contributed by atoms with E-state index in [2.05, 4.69) is 47.1 Å². The molecule has 2 aromatic rings. The van der Waals surface area contributed by atoms with Gasteiger partial charge in [-0.25, -0.2) is 9.97 Å². The largest absolute Gasteiger partial charge is 0.494 e. The zero-order valence-electron chi connectivity index (χ0n) is 16.0. The highest BCUT2D eigenvalue weighted by molar-refractivity contribution is 9.11. The number of benzene rings is 1. The first kappa shape index (κ1) is 21.7. The molecule has 0 saturated carbocycles. The Morgan fingerprint density at radius 1 is 1.33 bits per heavy atom. The summed E-state index contributed by atoms with van der Waals surface area (Å²) in [6.45, 7) is 0.541. The van der Waals surface area contributed by atoms with Crippen LogP contribution in [-0.2, 0) is 17.6 Å². The van der Waals surface area contributed by atoms with E-state index in [4.69, 9.17) is 10.5 Å². The summed E-state index contributed by atoms with van der Waals surface area (Å²) in [7, 11) is 7.71. The number of carbonyl (C=O) groups is 1. The number of nitrogens with two attached hydrogens (primary N) is 1. The molecule has 5 N–H and O–H groups in total. The van der Waals surface area contributed by atoms with Crippen molar-refractivity contribution in [2.75, 3.05) is 40.5 Å². The molecule has 0 radical (unpaired) electrons. The summed E-state index contributed by atoms with van der Waals surface area (Å²) in [6, 6.07) is 3.77. The SMILES string of the molecule is COc1c(Br)cc(C[C@@H](C(=O)NCCc2c[nH+]c(N)[nH]2)[N+](C)(C)C)cc1Br. The van der Waals surface area contributed by atoms with Gasteiger partial charge in [-0.15, -0.1) is 0 Å². The summed E-state index contributed by atoms with van der Waals surface area (Å²) in [5.41, 5.74) is 7.64. The maximum Gasteiger partial charge on any atom is 0.350 e. The summed E-state index contributed by atoms with van der Waals surface area (Å²) < 4.78 is 7.59. The lowest BCUT2D eigenvalue weighted by atomic mass is 10.0. The first-order valence-electron chi connectivity index (χ1n) is 8.57. The average Bonchev–Trinajstić information content (AvgIpc) is 2.96. The highest BCUT2D eigenvalue weighted by atomic mass is 79.9. The molecule has 1 heterocycles. The molecule has 2 rings (SSSR count). The average molecular weight is 505 g/mol. The van der Waals surface area contributed by atoms with E-state index in [-0.39, 0.29) is 11.9 Å². The van der Waals surface area contributed by atoms with Gasteiger partial charge in [-0.1, -0.05) is 0 Å². The number of rotatable bonds is 8. The van der Waals surface area contributed by atoms with Crippen LogP contribution in [-0.4, -0.2) is 56.2 Å². The van der Waals surface area contributed by atoms with Gasteiger partial charge in [0.05, 0.1) is 43.4 Å². The number of ether oxygens (including phenoxy) is 1. The molecule has 1 aromatic heterocycles. The van der Waals surface area contributed by atoms with E-state index in [1.54, 1.807) is 7.11 Å². The zero-order chi connectivity index (χ0) is 20.2. The number of nitrogens with one attached hydrogen (secondary N) is 3. The van der Waals surface area contributed by atoms with Crippen molar-refractivity contribution in [2.45, 2.75) is 18.9 Å². The molecule has 0 aliphatic rings. The van der Waals surface area contributed by atoms with Gasteiger partial charge in [0.25, 0.3) is 5.91 Å². The number of hydrogen-bond donors (Lipinski definition) is 3. The molecule has 0 saturated heterocycles. The summed E-state index contributed by atoms with van der Waals surface area (Å²) >= 11 is 7.06. The third-order valence-electron chi connectivity index (χ3n) is 4.32. The molecule has 1 amide bonds. The van der Waals surface area contributed by atoms with E-state index in [1.165, 1.54) is 0 Å². The fourth-order valence-corrected chi connectivity index (χ4v) is 4.45. The smallest absolute Gasteiger partial charge is 0.350 e. The lowest BCUT2D eigenvalue weighted by molar-refractivity contribution is -0.886. The molecule has 0 aliphatic heterocycles. The number of amides is 1. The number of H-pyrrole nitrogens is 2. The van der Waals surface area contributed by atoms with Crippen molar-refractivity contribution in [2.24, 2.45) is 0 Å². The van der Waals surface area contributed by atoms with E-state index in [1.807, 2.05) is 39.5 Å². The maximum absolute atomic E-state index is 12.9. The molecule has 9 heteroatoms. The molecule has 0 unspecified atom stereocenters. The Morgan fingerprint density at radius 2 is 1.96 bits per heavy atom. The number of imidazole rings is 1. The minimum absolute atomic E-state index is 0.0223. The van der Waals surface area contributed by atoms with Crippen LogP contribution in [0.2, 0.25) is 0 Å². The van der Waals surface area contributed by atoms with E-state index in [0.29, 0.717) is 29.8 Å². The second-order valence-electron chi connectivity index (χ2n) is 7.32. The van der Waals surface area contributed by atoms with Crippen LogP contribution in [0, 0.1) is 0 Å². The van der Waals surface area contributed by atoms with Crippen molar-refractivity contribution in [1.29, 1.82) is 0 Å². The minimum atomic E-state index is -0.225. The lowest BCUT2D eigenvalue weighted by Crippen LogP contribution is -2.55. The number of aromatic amines is 2. The Labute approximate surface area is 176 Å². The summed E-state index contributed by atoms with van der Waals surface area (Å²) in [6.07, 6.45) is 3.11. The van der Waals surface area contributed by atoms with E-state index in [9.17, 15) is 4.79 Å². The molecule has 1 atom stereocenters. The van der Waals surface area contributed by atoms with Crippen molar-refractivity contribution in [3.8, 4) is 5.75 Å². The highest BCUT2D eigenvalue weighted by Crippen LogP contribution is 2.35. The second kappa shape index (κ2) is 9.07. The van der Waals surface area contributed by atoms with Crippen LogP contribution in [0.5, 0.6) is 5.75 Å². The number of quaternary nitrogens is 1. The fraction of sp³-hybridized carbons (Fsp3) is 0.444. The van der Waals surface area contributed by atoms with Gasteiger partial charge >= 0.3 is 5.95 Å². The molecule has 0 spiro atoms. The van der Waals surface area contributed by atoms with Crippen molar-refractivity contribution < 1.29 is 19.0 Å². The number of anilines is 1. The Balaban J connectivity index is 2.07. The van der Waals surface area contributed by atoms with Gasteiger partial charge in [0.1, 0.15) is 11.4 Å². The zero-order valence-corrected chi connectivity index (χ0v) is 19.2. The maximum atomic E-state index is 12.9. The number of methoxy groups -OCH3 is 1. The second-order valence-corrected chi connectivity index (χ2v) is 9.03. The van der Waals surface area contributed by atoms with Crippen molar-refractivity contribution in [1.82, 2.24) is 10.3 Å². The first-order chi connectivity index (χ1) is 12.6. The van der Waals surface area contributed by atoms with Crippen LogP contribution in [0.1, 0.15) is 11.3 Å². The van der Waals surface area contributed by atoms with Crippen molar-refractivity contribution in [3.63, 3.8) is 0 Å². The van der Waals surface area contributed by atoms with Crippen LogP contribution in [0.3, 0.4) is 0 Å².